The van der Waals surface area contributed by atoms with Crippen molar-refractivity contribution >= 4 is 17.7 Å². The number of hydrogen-bond acceptors (Lipinski definition) is 6. The number of likely N-dealkylation sites (tertiary alicyclic amines) is 1. The van der Waals surface area contributed by atoms with Gasteiger partial charge in [-0.25, -0.2) is 0 Å². The van der Waals surface area contributed by atoms with Crippen molar-refractivity contribution < 1.29 is 9.53 Å². The van der Waals surface area contributed by atoms with E-state index in [1.54, 1.807) is 7.11 Å². The van der Waals surface area contributed by atoms with E-state index in [2.05, 4.69) is 44.7 Å². The summed E-state index contributed by atoms with van der Waals surface area (Å²) in [5.74, 6) is 1.92. The number of carbonyl (C=O) groups excluding carboxylic acids is 1. The molecule has 0 aliphatic carbocycles. The molecule has 2 aromatic carbocycles. The van der Waals surface area contributed by atoms with Gasteiger partial charge in [0, 0.05) is 38.3 Å². The van der Waals surface area contributed by atoms with Gasteiger partial charge in [-0.05, 0) is 36.2 Å². The molecule has 1 aliphatic rings. The van der Waals surface area contributed by atoms with E-state index in [9.17, 15) is 4.79 Å². The van der Waals surface area contributed by atoms with Crippen molar-refractivity contribution in [1.29, 1.82) is 0 Å². The van der Waals surface area contributed by atoms with E-state index in [-0.39, 0.29) is 11.9 Å². The van der Waals surface area contributed by atoms with Crippen LogP contribution in [0.2, 0.25) is 0 Å². The summed E-state index contributed by atoms with van der Waals surface area (Å²) in [7, 11) is 3.56. The van der Waals surface area contributed by atoms with Crippen molar-refractivity contribution in [1.82, 2.24) is 25.0 Å². The number of nitrogens with one attached hydrogen (secondary N) is 1. The summed E-state index contributed by atoms with van der Waals surface area (Å²) in [5.41, 5.74) is 2.26. The second-order valence-electron chi connectivity index (χ2n) is 7.66. The van der Waals surface area contributed by atoms with Crippen molar-refractivity contribution in [3.63, 3.8) is 0 Å². The number of carbonyl (C=O) groups is 1. The molecule has 0 saturated carbocycles. The lowest BCUT2D eigenvalue weighted by atomic mass is 10.2. The van der Waals surface area contributed by atoms with E-state index < -0.39 is 0 Å². The first kappa shape index (κ1) is 21.4. The number of methoxy groups -OCH3 is 1. The van der Waals surface area contributed by atoms with Gasteiger partial charge in [0.15, 0.2) is 11.0 Å². The Morgan fingerprint density at radius 3 is 2.68 bits per heavy atom. The van der Waals surface area contributed by atoms with Crippen LogP contribution in [0.4, 0.5) is 0 Å². The highest BCUT2D eigenvalue weighted by molar-refractivity contribution is 7.99. The summed E-state index contributed by atoms with van der Waals surface area (Å²) in [5, 5.41) is 12.4. The Hall–Kier alpha value is -2.84. The Bertz CT molecular complexity index is 1010. The molecule has 1 amide bonds. The van der Waals surface area contributed by atoms with E-state index in [4.69, 9.17) is 4.74 Å². The molecule has 0 spiro atoms. The minimum Gasteiger partial charge on any atom is -0.497 e. The van der Waals surface area contributed by atoms with E-state index >= 15 is 0 Å². The monoisotopic (exact) mass is 437 g/mol. The van der Waals surface area contributed by atoms with Crippen molar-refractivity contribution in [2.45, 2.75) is 24.2 Å². The standard InChI is InChI=1S/C23H27N5O2S/c1-27-22(18-8-10-20(30-2)11-9-18)25-26-23(27)31-16-21(29)24-19-12-13-28(15-19)14-17-6-4-3-5-7-17/h3-11,19H,12-16H2,1-2H3,(H,24,29). The Morgan fingerprint density at radius 2 is 1.94 bits per heavy atom. The largest absolute Gasteiger partial charge is 0.497 e. The molecule has 31 heavy (non-hydrogen) atoms. The molecule has 162 valence electrons. The number of thioether (sulfide) groups is 1. The second-order valence-corrected chi connectivity index (χ2v) is 8.60. The fourth-order valence-corrected chi connectivity index (χ4v) is 4.49. The van der Waals surface area contributed by atoms with Gasteiger partial charge in [-0.15, -0.1) is 10.2 Å². The van der Waals surface area contributed by atoms with Crippen LogP contribution < -0.4 is 10.1 Å². The number of aromatic nitrogens is 3. The maximum Gasteiger partial charge on any atom is 0.230 e. The molecule has 1 aromatic heterocycles. The fourth-order valence-electron chi connectivity index (χ4n) is 3.77. The molecule has 0 bridgehead atoms. The summed E-state index contributed by atoms with van der Waals surface area (Å²) >= 11 is 1.40. The number of ether oxygens (including phenoxy) is 1. The molecular formula is C23H27N5O2S. The number of nitrogens with zero attached hydrogens (tertiary/aromatic N) is 4. The van der Waals surface area contributed by atoms with Crippen molar-refractivity contribution in [2.24, 2.45) is 7.05 Å². The zero-order valence-electron chi connectivity index (χ0n) is 17.8. The quantitative estimate of drug-likeness (QED) is 0.547. The van der Waals surface area contributed by atoms with Gasteiger partial charge in [-0.1, -0.05) is 42.1 Å². The lowest BCUT2D eigenvalue weighted by Gasteiger charge is -2.16. The highest BCUT2D eigenvalue weighted by Crippen LogP contribution is 2.24. The first-order valence-corrected chi connectivity index (χ1v) is 11.3. The van der Waals surface area contributed by atoms with Crippen LogP contribution in [0.15, 0.2) is 59.8 Å². The molecular weight excluding hydrogens is 410 g/mol. The van der Waals surface area contributed by atoms with Crippen LogP contribution in [-0.4, -0.2) is 57.6 Å². The third kappa shape index (κ3) is 5.45. The van der Waals surface area contributed by atoms with Crippen molar-refractivity contribution in [3.8, 4) is 17.1 Å². The normalized spacial score (nSPS) is 16.4. The SMILES string of the molecule is COc1ccc(-c2nnc(SCC(=O)NC3CCN(Cc4ccccc4)C3)n2C)cc1. The summed E-state index contributed by atoms with van der Waals surface area (Å²) in [6.07, 6.45) is 0.981. The van der Waals surface area contributed by atoms with E-state index in [1.165, 1.54) is 17.3 Å². The Labute approximate surface area is 186 Å². The molecule has 1 unspecified atom stereocenters. The van der Waals surface area contributed by atoms with Crippen molar-refractivity contribution in [3.05, 3.63) is 60.2 Å². The van der Waals surface area contributed by atoms with Crippen LogP contribution in [0.3, 0.4) is 0 Å². The van der Waals surface area contributed by atoms with Gasteiger partial charge < -0.3 is 14.6 Å². The molecule has 0 radical (unpaired) electrons. The lowest BCUT2D eigenvalue weighted by molar-refractivity contribution is -0.119. The molecule has 1 fully saturated rings. The van der Waals surface area contributed by atoms with Crippen LogP contribution >= 0.6 is 11.8 Å². The molecule has 1 N–H and O–H groups in total. The van der Waals surface area contributed by atoms with Crippen LogP contribution in [0.25, 0.3) is 11.4 Å². The van der Waals surface area contributed by atoms with Gasteiger partial charge in [0.1, 0.15) is 5.75 Å². The van der Waals surface area contributed by atoms with Crippen LogP contribution in [0, 0.1) is 0 Å². The topological polar surface area (TPSA) is 72.3 Å². The van der Waals surface area contributed by atoms with Gasteiger partial charge in [0.05, 0.1) is 12.9 Å². The van der Waals surface area contributed by atoms with Crippen LogP contribution in [0.1, 0.15) is 12.0 Å². The fraction of sp³-hybridized carbons (Fsp3) is 0.348. The molecule has 1 saturated heterocycles. The highest BCUT2D eigenvalue weighted by atomic mass is 32.2. The maximum atomic E-state index is 12.5. The first-order chi connectivity index (χ1) is 15.1. The third-order valence-electron chi connectivity index (χ3n) is 5.40. The number of amides is 1. The molecule has 3 aromatic rings. The second kappa shape index (κ2) is 9.98. The van der Waals surface area contributed by atoms with Gasteiger partial charge >= 0.3 is 0 Å². The van der Waals surface area contributed by atoms with Crippen LogP contribution in [0.5, 0.6) is 5.75 Å². The molecule has 4 rings (SSSR count). The number of rotatable bonds is 8. The predicted octanol–water partition coefficient (Wildman–Crippen LogP) is 2.97. The Balaban J connectivity index is 1.26. The maximum absolute atomic E-state index is 12.5. The predicted molar refractivity (Wildman–Crippen MR) is 122 cm³/mol. The highest BCUT2D eigenvalue weighted by Gasteiger charge is 2.24. The van der Waals surface area contributed by atoms with Gasteiger partial charge in [-0.2, -0.15) is 0 Å². The zero-order valence-corrected chi connectivity index (χ0v) is 18.6. The van der Waals surface area contributed by atoms with Crippen molar-refractivity contribution in [2.75, 3.05) is 26.0 Å². The smallest absolute Gasteiger partial charge is 0.230 e. The molecule has 2 heterocycles. The van der Waals surface area contributed by atoms with E-state index in [0.717, 1.165) is 48.3 Å². The number of hydrogen-bond donors (Lipinski definition) is 1. The number of benzene rings is 2. The Kier molecular flexibility index (Phi) is 6.89. The summed E-state index contributed by atoms with van der Waals surface area (Å²) in [4.78, 5) is 14.9. The van der Waals surface area contributed by atoms with E-state index in [0.29, 0.717) is 5.75 Å². The first-order valence-electron chi connectivity index (χ1n) is 10.3. The molecule has 1 atom stereocenters. The Morgan fingerprint density at radius 1 is 1.16 bits per heavy atom. The summed E-state index contributed by atoms with van der Waals surface area (Å²) in [6.45, 7) is 2.81. The van der Waals surface area contributed by atoms with Crippen LogP contribution in [-0.2, 0) is 18.4 Å². The average Bonchev–Trinajstić information content (AvgIpc) is 3.39. The summed E-state index contributed by atoms with van der Waals surface area (Å²) < 4.78 is 7.12. The molecule has 7 nitrogen and oxygen atoms in total. The minimum atomic E-state index is 0.0329. The van der Waals surface area contributed by atoms with Gasteiger partial charge in [0.25, 0.3) is 0 Å². The zero-order chi connectivity index (χ0) is 21.6. The van der Waals surface area contributed by atoms with E-state index in [1.807, 2.05) is 41.9 Å². The third-order valence-corrected chi connectivity index (χ3v) is 6.42. The van der Waals surface area contributed by atoms with Gasteiger partial charge in [-0.3, -0.25) is 9.69 Å². The lowest BCUT2D eigenvalue weighted by Crippen LogP contribution is -2.38. The molecule has 1 aliphatic heterocycles. The minimum absolute atomic E-state index is 0.0329. The molecule has 8 heteroatoms. The van der Waals surface area contributed by atoms with Gasteiger partial charge in [0.2, 0.25) is 5.91 Å². The average molecular weight is 438 g/mol. The summed E-state index contributed by atoms with van der Waals surface area (Å²) in [6, 6.07) is 18.3.